The second kappa shape index (κ2) is 7.28. The standard InChI is InChI=1S/C17H24N6O3/c1-5-12-7-15(24)20-17(18-12)23-14(6-9(2)21-23)19-16(25)8-13-10(3)22-26-11(13)4/h6,12,17-18H,5,7-8H2,1-4H3,(H,19,25)(H,20,24). The van der Waals surface area contributed by atoms with Crippen LogP contribution in [0, 0.1) is 20.8 Å². The van der Waals surface area contributed by atoms with Crippen molar-refractivity contribution in [1.82, 2.24) is 25.6 Å². The van der Waals surface area contributed by atoms with Crippen LogP contribution in [0.5, 0.6) is 0 Å². The van der Waals surface area contributed by atoms with Crippen LogP contribution in [0.3, 0.4) is 0 Å². The summed E-state index contributed by atoms with van der Waals surface area (Å²) in [7, 11) is 0. The van der Waals surface area contributed by atoms with Crippen LogP contribution >= 0.6 is 0 Å². The van der Waals surface area contributed by atoms with Crippen molar-refractivity contribution >= 4 is 17.6 Å². The van der Waals surface area contributed by atoms with Gasteiger partial charge in [-0.15, -0.1) is 0 Å². The summed E-state index contributed by atoms with van der Waals surface area (Å²) in [4.78, 5) is 24.4. The molecule has 9 nitrogen and oxygen atoms in total. The van der Waals surface area contributed by atoms with Crippen LogP contribution in [0.4, 0.5) is 5.82 Å². The SMILES string of the molecule is CCC1CC(=O)NC(n2nc(C)cc2NC(=O)Cc2c(C)noc2C)N1. The fraction of sp³-hybridized carbons (Fsp3) is 0.529. The lowest BCUT2D eigenvalue weighted by atomic mass is 10.1. The fourth-order valence-corrected chi connectivity index (χ4v) is 3.06. The highest BCUT2D eigenvalue weighted by atomic mass is 16.5. The van der Waals surface area contributed by atoms with Gasteiger partial charge in [-0.2, -0.15) is 5.10 Å². The molecule has 2 unspecified atom stereocenters. The molecule has 0 bridgehead atoms. The zero-order valence-electron chi connectivity index (χ0n) is 15.4. The topological polar surface area (TPSA) is 114 Å². The smallest absolute Gasteiger partial charge is 0.230 e. The number of nitrogens with one attached hydrogen (secondary N) is 3. The lowest BCUT2D eigenvalue weighted by Crippen LogP contribution is -2.53. The van der Waals surface area contributed by atoms with Crippen LogP contribution in [0.15, 0.2) is 10.6 Å². The maximum Gasteiger partial charge on any atom is 0.230 e. The highest BCUT2D eigenvalue weighted by molar-refractivity contribution is 5.91. The van der Waals surface area contributed by atoms with E-state index in [2.05, 4.69) is 26.2 Å². The van der Waals surface area contributed by atoms with Gasteiger partial charge in [0.1, 0.15) is 11.6 Å². The highest BCUT2D eigenvalue weighted by Gasteiger charge is 2.28. The van der Waals surface area contributed by atoms with E-state index in [9.17, 15) is 9.59 Å². The van der Waals surface area contributed by atoms with Crippen molar-refractivity contribution < 1.29 is 14.1 Å². The molecular formula is C17H24N6O3. The number of hydrogen-bond acceptors (Lipinski definition) is 6. The molecule has 3 rings (SSSR count). The first kappa shape index (κ1) is 18.1. The summed E-state index contributed by atoms with van der Waals surface area (Å²) in [6.45, 7) is 7.44. The molecule has 0 radical (unpaired) electrons. The molecule has 3 N–H and O–H groups in total. The summed E-state index contributed by atoms with van der Waals surface area (Å²) in [6.07, 6.45) is 0.927. The highest BCUT2D eigenvalue weighted by Crippen LogP contribution is 2.19. The first-order valence-corrected chi connectivity index (χ1v) is 8.70. The predicted octanol–water partition coefficient (Wildman–Crippen LogP) is 1.32. The molecule has 9 heteroatoms. The Morgan fingerprint density at radius 2 is 2.19 bits per heavy atom. The summed E-state index contributed by atoms with van der Waals surface area (Å²) < 4.78 is 6.70. The van der Waals surface area contributed by atoms with E-state index in [-0.39, 0.29) is 24.3 Å². The Kier molecular flexibility index (Phi) is 5.08. The number of aromatic nitrogens is 3. The molecule has 0 saturated carbocycles. The van der Waals surface area contributed by atoms with Crippen molar-refractivity contribution in [2.45, 2.75) is 59.3 Å². The maximum absolute atomic E-state index is 12.5. The van der Waals surface area contributed by atoms with Gasteiger partial charge < -0.3 is 15.2 Å². The van der Waals surface area contributed by atoms with Gasteiger partial charge in [0.05, 0.1) is 17.8 Å². The summed E-state index contributed by atoms with van der Waals surface area (Å²) in [5.74, 6) is 0.916. The maximum atomic E-state index is 12.5. The number of aryl methyl sites for hydroxylation is 3. The second-order valence-corrected chi connectivity index (χ2v) is 6.59. The summed E-state index contributed by atoms with van der Waals surface area (Å²) in [5, 5.41) is 17.3. The van der Waals surface area contributed by atoms with E-state index in [0.717, 1.165) is 17.7 Å². The number of rotatable bonds is 5. The average Bonchev–Trinajstić information content (AvgIpc) is 3.10. The molecule has 2 atom stereocenters. The monoisotopic (exact) mass is 360 g/mol. The zero-order chi connectivity index (χ0) is 18.8. The van der Waals surface area contributed by atoms with Gasteiger partial charge in [0.2, 0.25) is 11.8 Å². The third kappa shape index (κ3) is 3.77. The van der Waals surface area contributed by atoms with E-state index in [1.165, 1.54) is 0 Å². The third-order valence-electron chi connectivity index (χ3n) is 4.50. The minimum atomic E-state index is -0.496. The Morgan fingerprint density at radius 1 is 1.42 bits per heavy atom. The third-order valence-corrected chi connectivity index (χ3v) is 4.50. The number of hydrogen-bond donors (Lipinski definition) is 3. The molecule has 140 valence electrons. The normalized spacial score (nSPS) is 20.1. The molecule has 2 aromatic rings. The zero-order valence-corrected chi connectivity index (χ0v) is 15.4. The molecule has 2 amide bonds. The van der Waals surface area contributed by atoms with Gasteiger partial charge in [0, 0.05) is 24.1 Å². The van der Waals surface area contributed by atoms with Gasteiger partial charge in [0.15, 0.2) is 6.29 Å². The van der Waals surface area contributed by atoms with Gasteiger partial charge in [0.25, 0.3) is 0 Å². The van der Waals surface area contributed by atoms with E-state index in [1.807, 2.05) is 13.8 Å². The van der Waals surface area contributed by atoms with E-state index >= 15 is 0 Å². The number of carbonyl (C=O) groups excluding carboxylic acids is 2. The van der Waals surface area contributed by atoms with Gasteiger partial charge >= 0.3 is 0 Å². The minimum absolute atomic E-state index is 0.0400. The molecule has 1 aliphatic rings. The van der Waals surface area contributed by atoms with E-state index in [1.54, 1.807) is 24.6 Å². The molecule has 0 spiro atoms. The molecular weight excluding hydrogens is 336 g/mol. The molecule has 2 aromatic heterocycles. The number of carbonyl (C=O) groups is 2. The van der Waals surface area contributed by atoms with Crippen LogP contribution in [-0.2, 0) is 16.0 Å². The summed E-state index contributed by atoms with van der Waals surface area (Å²) >= 11 is 0. The fourth-order valence-electron chi connectivity index (χ4n) is 3.06. The lowest BCUT2D eigenvalue weighted by molar-refractivity contribution is -0.125. The Bertz CT molecular complexity index is 805. The molecule has 1 fully saturated rings. The van der Waals surface area contributed by atoms with Crippen LogP contribution in [0.2, 0.25) is 0 Å². The first-order valence-electron chi connectivity index (χ1n) is 8.70. The first-order chi connectivity index (χ1) is 12.4. The molecule has 26 heavy (non-hydrogen) atoms. The number of nitrogens with zero attached hydrogens (tertiary/aromatic N) is 3. The van der Waals surface area contributed by atoms with Crippen molar-refractivity contribution in [3.05, 3.63) is 28.8 Å². The van der Waals surface area contributed by atoms with Crippen molar-refractivity contribution in [2.24, 2.45) is 0 Å². The van der Waals surface area contributed by atoms with Gasteiger partial charge in [-0.05, 0) is 27.2 Å². The lowest BCUT2D eigenvalue weighted by Gasteiger charge is -2.31. The van der Waals surface area contributed by atoms with Crippen LogP contribution in [0.1, 0.15) is 48.8 Å². The Labute approximate surface area is 151 Å². The number of anilines is 1. The van der Waals surface area contributed by atoms with Crippen molar-refractivity contribution in [3.63, 3.8) is 0 Å². The molecule has 3 heterocycles. The van der Waals surface area contributed by atoms with E-state index in [4.69, 9.17) is 4.52 Å². The van der Waals surface area contributed by atoms with Crippen LogP contribution in [0.25, 0.3) is 0 Å². The van der Waals surface area contributed by atoms with Crippen LogP contribution in [-0.4, -0.2) is 32.8 Å². The Balaban J connectivity index is 1.77. The quantitative estimate of drug-likeness (QED) is 0.741. The molecule has 0 aromatic carbocycles. The minimum Gasteiger partial charge on any atom is -0.361 e. The van der Waals surface area contributed by atoms with Crippen molar-refractivity contribution in [2.75, 3.05) is 5.32 Å². The summed E-state index contributed by atoms with van der Waals surface area (Å²) in [6, 6.07) is 1.85. The van der Waals surface area contributed by atoms with Crippen molar-refractivity contribution in [3.8, 4) is 0 Å². The van der Waals surface area contributed by atoms with Gasteiger partial charge in [-0.25, -0.2) is 4.68 Å². The Hall–Kier alpha value is -2.68. The molecule has 0 aliphatic carbocycles. The van der Waals surface area contributed by atoms with E-state index in [0.29, 0.717) is 23.7 Å². The number of amides is 2. The van der Waals surface area contributed by atoms with Gasteiger partial charge in [-0.3, -0.25) is 14.9 Å². The predicted molar refractivity (Wildman–Crippen MR) is 94.3 cm³/mol. The van der Waals surface area contributed by atoms with E-state index < -0.39 is 6.29 Å². The Morgan fingerprint density at radius 3 is 2.85 bits per heavy atom. The molecule has 1 aliphatic heterocycles. The van der Waals surface area contributed by atoms with Gasteiger partial charge in [-0.1, -0.05) is 12.1 Å². The average molecular weight is 360 g/mol. The molecule has 1 saturated heterocycles. The van der Waals surface area contributed by atoms with Crippen LogP contribution < -0.4 is 16.0 Å². The second-order valence-electron chi connectivity index (χ2n) is 6.59. The largest absolute Gasteiger partial charge is 0.361 e. The summed E-state index contributed by atoms with van der Waals surface area (Å²) in [5.41, 5.74) is 2.22. The van der Waals surface area contributed by atoms with Crippen molar-refractivity contribution in [1.29, 1.82) is 0 Å².